The fourth-order valence-electron chi connectivity index (χ4n) is 5.61. The molecule has 0 bridgehead atoms. The zero-order valence-electron chi connectivity index (χ0n) is 31.2. The Labute approximate surface area is 292 Å². The molecule has 2 heteroatoms. The number of unbranched alkanes of at least 4 members (excludes halogenated alkanes) is 18. The summed E-state index contributed by atoms with van der Waals surface area (Å²) in [5.41, 5.74) is 1.15. The van der Waals surface area contributed by atoms with Crippen LogP contribution in [0.25, 0.3) is 6.08 Å². The summed E-state index contributed by atoms with van der Waals surface area (Å²) in [7, 11) is 0. The van der Waals surface area contributed by atoms with Crippen molar-refractivity contribution in [2.45, 2.75) is 175 Å². The molecule has 0 saturated heterocycles. The number of ether oxygens (including phenoxy) is 2. The van der Waals surface area contributed by atoms with Crippen LogP contribution in [0.4, 0.5) is 0 Å². The first-order chi connectivity index (χ1) is 23.3. The highest BCUT2D eigenvalue weighted by atomic mass is 16.5. The van der Waals surface area contributed by atoms with Gasteiger partial charge in [-0.15, -0.1) is 0 Å². The van der Waals surface area contributed by atoms with E-state index in [2.05, 4.69) is 99.7 Å². The molecule has 1 rings (SSSR count). The number of hydrogen-bond acceptors (Lipinski definition) is 2. The van der Waals surface area contributed by atoms with Gasteiger partial charge in [0.1, 0.15) is 11.5 Å². The van der Waals surface area contributed by atoms with Gasteiger partial charge in [0, 0.05) is 6.07 Å². The summed E-state index contributed by atoms with van der Waals surface area (Å²) in [6.07, 6.45) is 53.2. The van der Waals surface area contributed by atoms with Crippen LogP contribution in [-0.4, -0.2) is 13.2 Å². The third kappa shape index (κ3) is 29.4. The first-order valence-electron chi connectivity index (χ1n) is 19.9. The van der Waals surface area contributed by atoms with E-state index in [-0.39, 0.29) is 0 Å². The van der Waals surface area contributed by atoms with Gasteiger partial charge in [-0.2, -0.15) is 0 Å². The van der Waals surface area contributed by atoms with Gasteiger partial charge in [-0.05, 0) is 102 Å². The van der Waals surface area contributed by atoms with Crippen molar-refractivity contribution in [2.24, 2.45) is 0 Å². The largest absolute Gasteiger partial charge is 0.493 e. The van der Waals surface area contributed by atoms with Gasteiger partial charge >= 0.3 is 0 Å². The third-order valence-electron chi connectivity index (χ3n) is 8.49. The Kier molecular flexibility index (Phi) is 31.5. The van der Waals surface area contributed by atoms with Gasteiger partial charge in [0.2, 0.25) is 0 Å². The molecule has 0 saturated carbocycles. The van der Waals surface area contributed by atoms with Crippen LogP contribution in [0.3, 0.4) is 0 Å². The zero-order chi connectivity index (χ0) is 33.7. The second-order valence-corrected chi connectivity index (χ2v) is 13.1. The summed E-state index contributed by atoms with van der Waals surface area (Å²) in [5, 5.41) is 0. The van der Waals surface area contributed by atoms with Gasteiger partial charge in [-0.3, -0.25) is 0 Å². The van der Waals surface area contributed by atoms with E-state index in [1.807, 2.05) is 0 Å². The fraction of sp³-hybridized carbons (Fsp3) is 0.644. The summed E-state index contributed by atoms with van der Waals surface area (Å²) >= 11 is 0. The normalized spacial score (nSPS) is 12.2. The summed E-state index contributed by atoms with van der Waals surface area (Å²) in [5.74, 6) is 1.85. The molecule has 0 aromatic heterocycles. The Bertz CT molecular complexity index is 882. The van der Waals surface area contributed by atoms with Crippen molar-refractivity contribution in [3.8, 4) is 11.5 Å². The highest BCUT2D eigenvalue weighted by molar-refractivity contribution is 5.55. The molecule has 0 unspecified atom stereocenters. The maximum atomic E-state index is 6.15. The minimum atomic E-state index is 0.777. The average Bonchev–Trinajstić information content (AvgIpc) is 3.07. The predicted octanol–water partition coefficient (Wildman–Crippen LogP) is 15.1. The van der Waals surface area contributed by atoms with E-state index >= 15 is 0 Å². The minimum Gasteiger partial charge on any atom is -0.493 e. The second-order valence-electron chi connectivity index (χ2n) is 13.1. The minimum absolute atomic E-state index is 0.777. The van der Waals surface area contributed by atoms with E-state index in [1.54, 1.807) is 0 Å². The van der Waals surface area contributed by atoms with Gasteiger partial charge in [0.15, 0.2) is 0 Å². The maximum Gasteiger partial charge on any atom is 0.123 e. The Balaban J connectivity index is 2.08. The van der Waals surface area contributed by atoms with Gasteiger partial charge < -0.3 is 9.47 Å². The topological polar surface area (TPSA) is 18.5 Å². The molecule has 0 amide bonds. The van der Waals surface area contributed by atoms with Crippen molar-refractivity contribution in [1.82, 2.24) is 0 Å². The first-order valence-corrected chi connectivity index (χ1v) is 19.9. The molecule has 2 nitrogen and oxygen atoms in total. The van der Waals surface area contributed by atoms with Crippen molar-refractivity contribution in [3.63, 3.8) is 0 Å². The molecule has 266 valence electrons. The van der Waals surface area contributed by atoms with Crippen LogP contribution in [0.5, 0.6) is 11.5 Å². The molecule has 0 spiro atoms. The Hall–Kier alpha value is -2.48. The van der Waals surface area contributed by atoms with Gasteiger partial charge in [0.05, 0.1) is 13.2 Å². The Morgan fingerprint density at radius 1 is 0.426 bits per heavy atom. The van der Waals surface area contributed by atoms with Gasteiger partial charge in [-0.1, -0.05) is 152 Å². The van der Waals surface area contributed by atoms with Crippen LogP contribution in [0.1, 0.15) is 180 Å². The van der Waals surface area contributed by atoms with Crippen molar-refractivity contribution >= 4 is 6.08 Å². The lowest BCUT2D eigenvalue weighted by molar-refractivity contribution is 0.289. The van der Waals surface area contributed by atoms with Crippen LogP contribution in [0.15, 0.2) is 72.9 Å². The molecule has 0 heterocycles. The summed E-state index contributed by atoms with van der Waals surface area (Å²) in [6.45, 7) is 8.14. The number of hydrogen-bond donors (Lipinski definition) is 0. The van der Waals surface area contributed by atoms with E-state index in [9.17, 15) is 0 Å². The Morgan fingerprint density at radius 2 is 0.787 bits per heavy atom. The number of benzene rings is 1. The van der Waals surface area contributed by atoms with Crippen molar-refractivity contribution in [2.75, 3.05) is 13.2 Å². The monoisotopic (exact) mass is 647 g/mol. The molecule has 0 fully saturated rings. The predicted molar refractivity (Wildman–Crippen MR) is 211 cm³/mol. The fourth-order valence-corrected chi connectivity index (χ4v) is 5.61. The maximum absolute atomic E-state index is 6.15. The lowest BCUT2D eigenvalue weighted by Crippen LogP contribution is -2.00. The molecule has 0 atom stereocenters. The molecule has 1 aromatic carbocycles. The first kappa shape index (κ1) is 42.5. The van der Waals surface area contributed by atoms with Crippen LogP contribution < -0.4 is 9.47 Å². The number of rotatable bonds is 33. The van der Waals surface area contributed by atoms with E-state index in [0.717, 1.165) is 56.0 Å². The second kappa shape index (κ2) is 34.8. The molecule has 0 aliphatic carbocycles. The van der Waals surface area contributed by atoms with Gasteiger partial charge in [-0.25, -0.2) is 0 Å². The summed E-state index contributed by atoms with van der Waals surface area (Å²) in [4.78, 5) is 0. The molecular formula is C45H74O2. The lowest BCUT2D eigenvalue weighted by Gasteiger charge is -2.11. The molecule has 0 aliphatic rings. The average molecular weight is 647 g/mol. The molecule has 0 radical (unpaired) electrons. The van der Waals surface area contributed by atoms with Crippen molar-refractivity contribution in [1.29, 1.82) is 0 Å². The van der Waals surface area contributed by atoms with E-state index in [4.69, 9.17) is 9.47 Å². The Morgan fingerprint density at radius 3 is 1.17 bits per heavy atom. The smallest absolute Gasteiger partial charge is 0.123 e. The van der Waals surface area contributed by atoms with Gasteiger partial charge in [0.25, 0.3) is 0 Å². The number of allylic oxidation sites excluding steroid dienone is 9. The molecule has 1 aromatic rings. The van der Waals surface area contributed by atoms with E-state index in [1.165, 1.54) is 128 Å². The van der Waals surface area contributed by atoms with Crippen LogP contribution in [0.2, 0.25) is 0 Å². The third-order valence-corrected chi connectivity index (χ3v) is 8.49. The lowest BCUT2D eigenvalue weighted by atomic mass is 10.1. The molecule has 0 N–H and O–H groups in total. The molecular weight excluding hydrogens is 572 g/mol. The van der Waals surface area contributed by atoms with Crippen LogP contribution in [0, 0.1) is 0 Å². The zero-order valence-corrected chi connectivity index (χ0v) is 31.2. The molecule has 0 aliphatic heterocycles. The summed E-state index contributed by atoms with van der Waals surface area (Å²) < 4.78 is 12.3. The SMILES string of the molecule is C/C=C/c1cc(OCCCCCCCC/C=C\C/C=C\CCCCC)cc(OCCCCCCCC/C=C\C/C=C\CCCCC)c1. The van der Waals surface area contributed by atoms with Crippen molar-refractivity contribution in [3.05, 3.63) is 78.4 Å². The quantitative estimate of drug-likeness (QED) is 0.0559. The van der Waals surface area contributed by atoms with E-state index < -0.39 is 0 Å². The van der Waals surface area contributed by atoms with E-state index in [0.29, 0.717) is 0 Å². The van der Waals surface area contributed by atoms with Crippen LogP contribution in [-0.2, 0) is 0 Å². The molecule has 47 heavy (non-hydrogen) atoms. The highest BCUT2D eigenvalue weighted by Crippen LogP contribution is 2.25. The van der Waals surface area contributed by atoms with Crippen LogP contribution >= 0.6 is 0 Å². The van der Waals surface area contributed by atoms with Crippen molar-refractivity contribution < 1.29 is 9.47 Å². The highest BCUT2D eigenvalue weighted by Gasteiger charge is 2.03. The summed E-state index contributed by atoms with van der Waals surface area (Å²) in [6, 6.07) is 6.32. The standard InChI is InChI=1S/C45H74O2/c1-4-7-9-11-13-15-17-19-21-23-25-27-29-31-33-35-38-46-44-40-43(37-6-3)41-45(42-44)47-39-36-34-32-30-28-26-24-22-20-18-16-14-12-10-8-5-2/h6,13-16,19-22,37,40-42H,4-5,7-12,17-18,23-36,38-39H2,1-3H3/b15-13-,16-14-,21-19-,22-20-,37-6+.